The monoisotopic (exact) mass is 377 g/mol. The Balaban J connectivity index is 1.26. The van der Waals surface area contributed by atoms with Gasteiger partial charge in [-0.3, -0.25) is 14.6 Å². The molecule has 0 radical (unpaired) electrons. The Hall–Kier alpha value is -2.70. The fourth-order valence-electron chi connectivity index (χ4n) is 3.66. The van der Waals surface area contributed by atoms with E-state index in [4.69, 9.17) is 0 Å². The van der Waals surface area contributed by atoms with Gasteiger partial charge in [0.15, 0.2) is 0 Å². The molecule has 28 heavy (non-hydrogen) atoms. The van der Waals surface area contributed by atoms with Crippen LogP contribution >= 0.6 is 0 Å². The number of amides is 1. The summed E-state index contributed by atoms with van der Waals surface area (Å²) in [6.07, 6.45) is 0. The number of aromatic nitrogens is 2. The Morgan fingerprint density at radius 3 is 2.61 bits per heavy atom. The van der Waals surface area contributed by atoms with Gasteiger partial charge in [-0.15, -0.1) is 0 Å². The van der Waals surface area contributed by atoms with Gasteiger partial charge >= 0.3 is 0 Å². The first-order valence-electron chi connectivity index (χ1n) is 9.82. The first-order valence-corrected chi connectivity index (χ1v) is 9.82. The van der Waals surface area contributed by atoms with E-state index in [9.17, 15) is 4.79 Å². The summed E-state index contributed by atoms with van der Waals surface area (Å²) in [7, 11) is 0. The van der Waals surface area contributed by atoms with Crippen molar-refractivity contribution in [2.45, 2.75) is 20.4 Å². The average Bonchev–Trinajstić information content (AvgIpc) is 3.08. The van der Waals surface area contributed by atoms with E-state index in [1.807, 2.05) is 44.2 Å². The highest BCUT2D eigenvalue weighted by molar-refractivity contribution is 5.93. The largest absolute Gasteiger partial charge is 0.341 e. The molecule has 0 spiro atoms. The molecule has 6 heteroatoms. The molecule has 0 bridgehead atoms. The zero-order valence-corrected chi connectivity index (χ0v) is 16.5. The number of imidazole rings is 1. The lowest BCUT2D eigenvalue weighted by Crippen LogP contribution is -2.48. The second kappa shape index (κ2) is 8.12. The number of H-pyrrole nitrogens is 1. The SMILES string of the molecule is Cc1ccc(C)c(NC(=O)CN2CCN(Cc3nc4ccccc4[nH]3)CC2)c1. The number of fused-ring (bicyclic) bond motifs is 1. The highest BCUT2D eigenvalue weighted by Gasteiger charge is 2.20. The molecule has 0 unspecified atom stereocenters. The number of aromatic amines is 1. The van der Waals surface area contributed by atoms with Gasteiger partial charge in [0.2, 0.25) is 5.91 Å². The molecule has 1 saturated heterocycles. The third-order valence-electron chi connectivity index (χ3n) is 5.31. The standard InChI is InChI=1S/C22H27N5O/c1-16-7-8-17(2)20(13-16)25-22(28)15-27-11-9-26(10-12-27)14-21-23-18-5-3-4-6-19(18)24-21/h3-8,13H,9-12,14-15H2,1-2H3,(H,23,24)(H,25,28). The molecule has 2 aromatic carbocycles. The molecular weight excluding hydrogens is 350 g/mol. The summed E-state index contributed by atoms with van der Waals surface area (Å²) < 4.78 is 0. The van der Waals surface area contributed by atoms with E-state index in [1.54, 1.807) is 0 Å². The number of piperazine rings is 1. The van der Waals surface area contributed by atoms with Crippen molar-refractivity contribution < 1.29 is 4.79 Å². The number of nitrogens with zero attached hydrogens (tertiary/aromatic N) is 3. The second-order valence-electron chi connectivity index (χ2n) is 7.62. The van der Waals surface area contributed by atoms with Crippen molar-refractivity contribution in [3.05, 3.63) is 59.4 Å². The summed E-state index contributed by atoms with van der Waals surface area (Å²) >= 11 is 0. The van der Waals surface area contributed by atoms with Crippen LogP contribution in [0, 0.1) is 13.8 Å². The van der Waals surface area contributed by atoms with Crippen LogP contribution < -0.4 is 5.32 Å². The normalized spacial score (nSPS) is 15.8. The lowest BCUT2D eigenvalue weighted by atomic mass is 10.1. The molecule has 2 heterocycles. The molecule has 1 aromatic heterocycles. The van der Waals surface area contributed by atoms with E-state index in [1.165, 1.54) is 0 Å². The molecule has 0 atom stereocenters. The summed E-state index contributed by atoms with van der Waals surface area (Å²) in [6, 6.07) is 14.2. The number of carbonyl (C=O) groups excluding carboxylic acids is 1. The van der Waals surface area contributed by atoms with Crippen LogP contribution in [0.1, 0.15) is 17.0 Å². The van der Waals surface area contributed by atoms with Gasteiger partial charge in [0.25, 0.3) is 0 Å². The Bertz CT molecular complexity index is 939. The van der Waals surface area contributed by atoms with Gasteiger partial charge in [0.1, 0.15) is 5.82 Å². The average molecular weight is 377 g/mol. The van der Waals surface area contributed by atoms with Gasteiger partial charge in [0, 0.05) is 31.9 Å². The van der Waals surface area contributed by atoms with Crippen LogP contribution in [0.15, 0.2) is 42.5 Å². The topological polar surface area (TPSA) is 64.3 Å². The molecule has 1 fully saturated rings. The number of hydrogen-bond acceptors (Lipinski definition) is 4. The van der Waals surface area contributed by atoms with E-state index in [0.717, 1.165) is 66.4 Å². The maximum absolute atomic E-state index is 12.4. The van der Waals surface area contributed by atoms with Gasteiger partial charge in [-0.05, 0) is 43.2 Å². The molecule has 2 N–H and O–H groups in total. The van der Waals surface area contributed by atoms with Crippen LogP contribution in [0.3, 0.4) is 0 Å². The highest BCUT2D eigenvalue weighted by Crippen LogP contribution is 2.17. The molecule has 1 aliphatic heterocycles. The first-order chi connectivity index (χ1) is 13.6. The van der Waals surface area contributed by atoms with Crippen molar-refractivity contribution in [3.63, 3.8) is 0 Å². The molecule has 1 amide bonds. The summed E-state index contributed by atoms with van der Waals surface area (Å²) in [4.78, 5) is 25.1. The number of hydrogen-bond donors (Lipinski definition) is 2. The van der Waals surface area contributed by atoms with Crippen molar-refractivity contribution in [2.24, 2.45) is 0 Å². The Morgan fingerprint density at radius 1 is 1.07 bits per heavy atom. The molecule has 1 aliphatic rings. The van der Waals surface area contributed by atoms with Crippen molar-refractivity contribution in [1.29, 1.82) is 0 Å². The Kier molecular flexibility index (Phi) is 5.41. The van der Waals surface area contributed by atoms with Crippen molar-refractivity contribution in [2.75, 3.05) is 38.0 Å². The number of aryl methyl sites for hydroxylation is 2. The van der Waals surface area contributed by atoms with Crippen molar-refractivity contribution >= 4 is 22.6 Å². The van der Waals surface area contributed by atoms with Gasteiger partial charge in [0.05, 0.1) is 24.1 Å². The zero-order chi connectivity index (χ0) is 19.5. The highest BCUT2D eigenvalue weighted by atomic mass is 16.2. The van der Waals surface area contributed by atoms with Gasteiger partial charge in [-0.25, -0.2) is 4.98 Å². The van der Waals surface area contributed by atoms with E-state index < -0.39 is 0 Å². The quantitative estimate of drug-likeness (QED) is 0.718. The number of benzene rings is 2. The van der Waals surface area contributed by atoms with Crippen molar-refractivity contribution in [1.82, 2.24) is 19.8 Å². The van der Waals surface area contributed by atoms with Crippen LogP contribution in [0.2, 0.25) is 0 Å². The van der Waals surface area contributed by atoms with Gasteiger partial charge in [-0.1, -0.05) is 24.3 Å². The van der Waals surface area contributed by atoms with E-state index in [2.05, 4.69) is 37.2 Å². The predicted octanol–water partition coefficient (Wildman–Crippen LogP) is 2.94. The van der Waals surface area contributed by atoms with Crippen LogP contribution in [-0.2, 0) is 11.3 Å². The Morgan fingerprint density at radius 2 is 1.82 bits per heavy atom. The summed E-state index contributed by atoms with van der Waals surface area (Å²) in [5.41, 5.74) is 5.25. The van der Waals surface area contributed by atoms with Crippen LogP contribution in [0.5, 0.6) is 0 Å². The van der Waals surface area contributed by atoms with Gasteiger partial charge < -0.3 is 10.3 Å². The Labute approximate surface area is 165 Å². The minimum atomic E-state index is 0.0550. The third-order valence-corrected chi connectivity index (χ3v) is 5.31. The summed E-state index contributed by atoms with van der Waals surface area (Å²) in [5, 5.41) is 3.06. The number of carbonyl (C=O) groups is 1. The minimum absolute atomic E-state index is 0.0550. The molecule has 146 valence electrons. The zero-order valence-electron chi connectivity index (χ0n) is 16.5. The second-order valence-corrected chi connectivity index (χ2v) is 7.62. The molecule has 4 rings (SSSR count). The molecule has 6 nitrogen and oxygen atoms in total. The van der Waals surface area contributed by atoms with Crippen LogP contribution in [-0.4, -0.2) is 58.4 Å². The van der Waals surface area contributed by atoms with E-state index in [0.29, 0.717) is 6.54 Å². The number of anilines is 1. The number of nitrogens with one attached hydrogen (secondary N) is 2. The summed E-state index contributed by atoms with van der Waals surface area (Å²) in [5.74, 6) is 1.06. The van der Waals surface area contributed by atoms with Crippen LogP contribution in [0.4, 0.5) is 5.69 Å². The molecule has 3 aromatic rings. The van der Waals surface area contributed by atoms with E-state index >= 15 is 0 Å². The van der Waals surface area contributed by atoms with E-state index in [-0.39, 0.29) is 5.91 Å². The predicted molar refractivity (Wildman–Crippen MR) is 112 cm³/mol. The fourth-order valence-corrected chi connectivity index (χ4v) is 3.66. The van der Waals surface area contributed by atoms with Gasteiger partial charge in [-0.2, -0.15) is 0 Å². The number of rotatable bonds is 5. The molecule has 0 saturated carbocycles. The maximum atomic E-state index is 12.4. The third kappa shape index (κ3) is 4.40. The fraction of sp³-hybridized carbons (Fsp3) is 0.364. The maximum Gasteiger partial charge on any atom is 0.238 e. The smallest absolute Gasteiger partial charge is 0.238 e. The molecule has 0 aliphatic carbocycles. The number of para-hydroxylation sites is 2. The first kappa shape index (κ1) is 18.7. The van der Waals surface area contributed by atoms with Crippen LogP contribution in [0.25, 0.3) is 11.0 Å². The molecular formula is C22H27N5O. The lowest BCUT2D eigenvalue weighted by molar-refractivity contribution is -0.117. The summed E-state index contributed by atoms with van der Waals surface area (Å²) in [6.45, 7) is 8.97. The van der Waals surface area contributed by atoms with Crippen molar-refractivity contribution in [3.8, 4) is 0 Å². The lowest BCUT2D eigenvalue weighted by Gasteiger charge is -2.33. The minimum Gasteiger partial charge on any atom is -0.341 e.